The van der Waals surface area contributed by atoms with Gasteiger partial charge in [-0.2, -0.15) is 0 Å². The smallest absolute Gasteiger partial charge is 0.311 e. The summed E-state index contributed by atoms with van der Waals surface area (Å²) in [6, 6.07) is 13.0. The standard InChI is InChI=1S/C32H38N2O5S/c1-4-6-7-10-20-39-30(38)26-25-28(36)34(18-19-35)27(32(25)16-15-31(26,3)40-32)29(37)33(17-5-2)24-14-13-22-11-8-9-12-23(22)21-24/h4-5,8-9,11-14,21,25-27,35H,1-2,6-7,10,15-20H2,3H3/t25-,26+,27?,31-,32?/m0/s1. The van der Waals surface area contributed by atoms with Crippen LogP contribution in [0, 0.1) is 11.8 Å². The molecule has 5 rings (SSSR count). The first-order valence-electron chi connectivity index (χ1n) is 14.1. The Balaban J connectivity index is 1.49. The van der Waals surface area contributed by atoms with Gasteiger partial charge in [0.05, 0.1) is 29.8 Å². The lowest BCUT2D eigenvalue weighted by molar-refractivity contribution is -0.155. The van der Waals surface area contributed by atoms with Crippen molar-refractivity contribution >= 4 is 46.0 Å². The maximum Gasteiger partial charge on any atom is 0.311 e. The van der Waals surface area contributed by atoms with Gasteiger partial charge in [0.1, 0.15) is 6.04 Å². The van der Waals surface area contributed by atoms with Crippen molar-refractivity contribution in [3.8, 4) is 0 Å². The summed E-state index contributed by atoms with van der Waals surface area (Å²) in [7, 11) is 0. The van der Waals surface area contributed by atoms with Crippen molar-refractivity contribution in [2.24, 2.45) is 11.8 Å². The second-order valence-corrected chi connectivity index (χ2v) is 13.1. The molecule has 3 aliphatic heterocycles. The van der Waals surface area contributed by atoms with E-state index < -0.39 is 27.4 Å². The van der Waals surface area contributed by atoms with E-state index in [0.29, 0.717) is 19.4 Å². The number of amides is 2. The van der Waals surface area contributed by atoms with Gasteiger partial charge in [0.15, 0.2) is 0 Å². The molecule has 1 spiro atoms. The summed E-state index contributed by atoms with van der Waals surface area (Å²) in [4.78, 5) is 45.3. The van der Waals surface area contributed by atoms with E-state index >= 15 is 0 Å². The number of esters is 1. The number of aliphatic hydroxyl groups is 1. The molecule has 2 unspecified atom stereocenters. The number of carbonyl (C=O) groups is 3. The minimum absolute atomic E-state index is 0.0355. The highest BCUT2D eigenvalue weighted by Crippen LogP contribution is 2.71. The first kappa shape index (κ1) is 28.4. The molecule has 0 aromatic heterocycles. The fraction of sp³-hybridized carbons (Fsp3) is 0.469. The number of aliphatic hydroxyl groups excluding tert-OH is 1. The third-order valence-electron chi connectivity index (χ3n) is 8.77. The molecule has 2 bridgehead atoms. The number of rotatable bonds is 12. The molecular weight excluding hydrogens is 524 g/mol. The average molecular weight is 563 g/mol. The molecular formula is C32H38N2O5S. The lowest BCUT2D eigenvalue weighted by Crippen LogP contribution is -2.55. The molecule has 2 aromatic rings. The molecule has 5 atom stereocenters. The molecule has 2 aromatic carbocycles. The predicted octanol–water partition coefficient (Wildman–Crippen LogP) is 4.73. The number of unbranched alkanes of at least 4 members (excludes halogenated alkanes) is 2. The van der Waals surface area contributed by atoms with E-state index in [1.54, 1.807) is 22.7 Å². The van der Waals surface area contributed by atoms with Gasteiger partial charge in [-0.15, -0.1) is 24.9 Å². The Morgan fingerprint density at radius 2 is 1.93 bits per heavy atom. The van der Waals surface area contributed by atoms with Crippen molar-refractivity contribution in [1.82, 2.24) is 4.90 Å². The largest absolute Gasteiger partial charge is 0.465 e. The summed E-state index contributed by atoms with van der Waals surface area (Å²) in [5, 5.41) is 12.0. The Kier molecular flexibility index (Phi) is 8.11. The van der Waals surface area contributed by atoms with Crippen LogP contribution in [0.15, 0.2) is 67.8 Å². The zero-order chi connectivity index (χ0) is 28.5. The van der Waals surface area contributed by atoms with E-state index in [1.165, 1.54) is 4.90 Å². The molecule has 2 amide bonds. The lowest BCUT2D eigenvalue weighted by atomic mass is 9.66. The third kappa shape index (κ3) is 4.65. The van der Waals surface area contributed by atoms with Gasteiger partial charge in [-0.1, -0.05) is 42.5 Å². The number of likely N-dealkylation sites (tertiary alicyclic amines) is 1. The van der Waals surface area contributed by atoms with Crippen LogP contribution in [0.4, 0.5) is 5.69 Å². The molecule has 7 nitrogen and oxygen atoms in total. The number of ether oxygens (including phenoxy) is 1. The van der Waals surface area contributed by atoms with E-state index in [4.69, 9.17) is 4.74 Å². The van der Waals surface area contributed by atoms with E-state index in [0.717, 1.165) is 35.7 Å². The monoisotopic (exact) mass is 562 g/mol. The van der Waals surface area contributed by atoms with Crippen LogP contribution in [0.1, 0.15) is 39.0 Å². The van der Waals surface area contributed by atoms with Crippen molar-refractivity contribution < 1.29 is 24.2 Å². The number of carbonyl (C=O) groups excluding carboxylic acids is 3. The molecule has 3 aliphatic rings. The number of thioether (sulfide) groups is 1. The second kappa shape index (κ2) is 11.4. The molecule has 3 saturated heterocycles. The minimum atomic E-state index is -0.805. The van der Waals surface area contributed by atoms with Gasteiger partial charge in [0.25, 0.3) is 5.91 Å². The third-order valence-corrected chi connectivity index (χ3v) is 10.8. The van der Waals surface area contributed by atoms with E-state index in [2.05, 4.69) is 13.2 Å². The predicted molar refractivity (Wildman–Crippen MR) is 159 cm³/mol. The molecule has 40 heavy (non-hydrogen) atoms. The van der Waals surface area contributed by atoms with Crippen molar-refractivity contribution in [3.63, 3.8) is 0 Å². The van der Waals surface area contributed by atoms with Crippen LogP contribution in [0.25, 0.3) is 10.8 Å². The molecule has 1 N–H and O–H groups in total. The van der Waals surface area contributed by atoms with Crippen molar-refractivity contribution in [2.75, 3.05) is 31.2 Å². The SMILES string of the molecule is C=CCCCCOC(=O)[C@H]1[C@H]2C(=O)N(CCO)C(C(=O)N(CC=C)c3ccc4ccccc4c3)C23CC[C@]1(C)S3. The van der Waals surface area contributed by atoms with Crippen molar-refractivity contribution in [3.05, 3.63) is 67.8 Å². The molecule has 3 fully saturated rings. The zero-order valence-corrected chi connectivity index (χ0v) is 23.9. The Labute approximate surface area is 240 Å². The number of fused-ring (bicyclic) bond motifs is 2. The molecule has 0 radical (unpaired) electrons. The highest BCUT2D eigenvalue weighted by molar-refractivity contribution is 8.02. The Morgan fingerprint density at radius 3 is 2.65 bits per heavy atom. The minimum Gasteiger partial charge on any atom is -0.465 e. The van der Waals surface area contributed by atoms with Crippen molar-refractivity contribution in [2.45, 2.75) is 54.6 Å². The van der Waals surface area contributed by atoms with Crippen LogP contribution in [0.5, 0.6) is 0 Å². The van der Waals surface area contributed by atoms with Crippen LogP contribution in [0.2, 0.25) is 0 Å². The second-order valence-electron chi connectivity index (χ2n) is 11.2. The fourth-order valence-corrected chi connectivity index (χ4v) is 9.35. The summed E-state index contributed by atoms with van der Waals surface area (Å²) >= 11 is 1.61. The highest BCUT2D eigenvalue weighted by Gasteiger charge is 2.77. The van der Waals surface area contributed by atoms with E-state index in [-0.39, 0.29) is 37.5 Å². The van der Waals surface area contributed by atoms with Crippen LogP contribution < -0.4 is 4.90 Å². The fourth-order valence-electron chi connectivity index (χ4n) is 7.01. The highest BCUT2D eigenvalue weighted by atomic mass is 32.2. The number of β-amino-alcohol motifs (C(OH)–C–C–N with tert-alkyl or cyclic N) is 1. The summed E-state index contributed by atoms with van der Waals surface area (Å²) in [5.74, 6) is -2.11. The van der Waals surface area contributed by atoms with Crippen molar-refractivity contribution in [1.29, 1.82) is 0 Å². The zero-order valence-electron chi connectivity index (χ0n) is 23.1. The van der Waals surface area contributed by atoms with E-state index in [1.807, 2.05) is 55.5 Å². The van der Waals surface area contributed by atoms with Crippen LogP contribution in [-0.2, 0) is 19.1 Å². The average Bonchev–Trinajstić information content (AvgIpc) is 3.52. The molecule has 8 heteroatoms. The van der Waals surface area contributed by atoms with Crippen LogP contribution in [-0.4, -0.2) is 69.6 Å². The van der Waals surface area contributed by atoms with Crippen LogP contribution in [0.3, 0.4) is 0 Å². The van der Waals surface area contributed by atoms with Gasteiger partial charge in [0.2, 0.25) is 5.91 Å². The normalized spacial score (nSPS) is 28.5. The Bertz CT molecular complexity index is 1330. The molecule has 212 valence electrons. The van der Waals surface area contributed by atoms with Gasteiger partial charge < -0.3 is 19.6 Å². The van der Waals surface area contributed by atoms with Gasteiger partial charge in [-0.25, -0.2) is 0 Å². The number of benzene rings is 2. The van der Waals surface area contributed by atoms with E-state index in [9.17, 15) is 19.5 Å². The number of anilines is 1. The number of allylic oxidation sites excluding steroid dienone is 1. The molecule has 0 saturated carbocycles. The molecule has 0 aliphatic carbocycles. The number of hydrogen-bond acceptors (Lipinski definition) is 6. The topological polar surface area (TPSA) is 87.1 Å². The summed E-state index contributed by atoms with van der Waals surface area (Å²) < 4.78 is 4.46. The quantitative estimate of drug-likeness (QED) is 0.229. The van der Waals surface area contributed by atoms with Gasteiger partial charge in [-0.3, -0.25) is 14.4 Å². The molecule has 3 heterocycles. The first-order valence-corrected chi connectivity index (χ1v) is 14.9. The summed E-state index contributed by atoms with van der Waals surface area (Å²) in [6.07, 6.45) is 7.36. The summed E-state index contributed by atoms with van der Waals surface area (Å²) in [5.41, 5.74) is 0.721. The maximum atomic E-state index is 14.5. The Morgan fingerprint density at radius 1 is 1.15 bits per heavy atom. The van der Waals surface area contributed by atoms with Gasteiger partial charge in [-0.05, 0) is 61.9 Å². The number of hydrogen-bond donors (Lipinski definition) is 1. The summed E-state index contributed by atoms with van der Waals surface area (Å²) in [6.45, 7) is 9.99. The Hall–Kier alpha value is -3.10. The van der Waals surface area contributed by atoms with Gasteiger partial charge in [0, 0.05) is 23.5 Å². The van der Waals surface area contributed by atoms with Crippen LogP contribution >= 0.6 is 11.8 Å². The number of nitrogens with zero attached hydrogens (tertiary/aromatic N) is 2. The maximum absolute atomic E-state index is 14.5. The lowest BCUT2D eigenvalue weighted by Gasteiger charge is -2.37. The first-order chi connectivity index (χ1) is 19.3. The van der Waals surface area contributed by atoms with Gasteiger partial charge >= 0.3 is 5.97 Å².